The van der Waals surface area contributed by atoms with Crippen molar-refractivity contribution in [2.75, 3.05) is 11.9 Å². The molecule has 0 spiro atoms. The van der Waals surface area contributed by atoms with Crippen LogP contribution < -0.4 is 10.6 Å². The van der Waals surface area contributed by atoms with Crippen molar-refractivity contribution < 1.29 is 14.1 Å². The Labute approximate surface area is 148 Å². The molecule has 26 heavy (non-hydrogen) atoms. The first-order chi connectivity index (χ1) is 12.5. The van der Waals surface area contributed by atoms with Crippen LogP contribution in [0.5, 0.6) is 0 Å². The van der Waals surface area contributed by atoms with Crippen molar-refractivity contribution in [3.05, 3.63) is 81.8 Å². The molecule has 2 aromatic carbocycles. The number of para-hydroxylation sites is 2. The van der Waals surface area contributed by atoms with Crippen LogP contribution in [0.25, 0.3) is 0 Å². The quantitative estimate of drug-likeness (QED) is 0.261. The minimum absolute atomic E-state index is 0.00462. The Kier molecular flexibility index (Phi) is 6.40. The normalized spacial score (nSPS) is 10.7. The van der Waals surface area contributed by atoms with E-state index in [1.54, 1.807) is 24.3 Å². The van der Waals surface area contributed by atoms with Crippen LogP contribution in [-0.4, -0.2) is 17.4 Å². The van der Waals surface area contributed by atoms with E-state index in [1.807, 2.05) is 0 Å². The summed E-state index contributed by atoms with van der Waals surface area (Å²) in [5.74, 6) is -1.10. The Morgan fingerprint density at radius 3 is 2.62 bits per heavy atom. The third kappa shape index (κ3) is 4.88. The lowest BCUT2D eigenvalue weighted by molar-refractivity contribution is -0.383. The van der Waals surface area contributed by atoms with Gasteiger partial charge in [0.15, 0.2) is 0 Å². The molecule has 0 saturated heterocycles. The summed E-state index contributed by atoms with van der Waals surface area (Å²) in [7, 11) is 0. The van der Waals surface area contributed by atoms with Crippen molar-refractivity contribution in [3.8, 4) is 6.07 Å². The molecule has 2 aromatic rings. The summed E-state index contributed by atoms with van der Waals surface area (Å²) in [6.07, 6.45) is 1.57. The van der Waals surface area contributed by atoms with E-state index in [2.05, 4.69) is 10.6 Å². The third-order valence-corrected chi connectivity index (χ3v) is 3.46. The van der Waals surface area contributed by atoms with Gasteiger partial charge in [-0.05, 0) is 24.1 Å². The number of amides is 1. The Bertz CT molecular complexity index is 890. The van der Waals surface area contributed by atoms with Crippen LogP contribution in [0.2, 0.25) is 0 Å². The lowest BCUT2D eigenvalue weighted by Gasteiger charge is -2.06. The van der Waals surface area contributed by atoms with Crippen molar-refractivity contribution in [1.29, 1.82) is 5.26 Å². The number of nitro benzene ring substituents is 1. The lowest BCUT2D eigenvalue weighted by atomic mass is 10.1. The second-order valence-electron chi connectivity index (χ2n) is 5.19. The number of nitrogens with zero attached hydrogens (tertiary/aromatic N) is 2. The van der Waals surface area contributed by atoms with Crippen molar-refractivity contribution >= 4 is 17.3 Å². The highest BCUT2D eigenvalue weighted by Crippen LogP contribution is 2.23. The predicted molar refractivity (Wildman–Crippen MR) is 93.5 cm³/mol. The summed E-state index contributed by atoms with van der Waals surface area (Å²) in [5, 5.41) is 25.2. The molecular weight excluding hydrogens is 339 g/mol. The third-order valence-electron chi connectivity index (χ3n) is 3.46. The first kappa shape index (κ1) is 18.6. The molecule has 2 rings (SSSR count). The number of hydrogen-bond donors (Lipinski definition) is 2. The highest BCUT2D eigenvalue weighted by molar-refractivity contribution is 6.07. The summed E-state index contributed by atoms with van der Waals surface area (Å²) in [6.45, 7) is 0.310. The zero-order valence-electron chi connectivity index (χ0n) is 13.6. The molecule has 8 heteroatoms. The van der Waals surface area contributed by atoms with Gasteiger partial charge in [-0.15, -0.1) is 0 Å². The second-order valence-corrected chi connectivity index (χ2v) is 5.19. The molecule has 0 aliphatic heterocycles. The molecule has 0 fully saturated rings. The average molecular weight is 354 g/mol. The fraction of sp³-hybridized carbons (Fsp3) is 0.111. The molecule has 0 heterocycles. The number of benzene rings is 2. The number of hydrogen-bond acceptors (Lipinski definition) is 5. The van der Waals surface area contributed by atoms with E-state index in [9.17, 15) is 19.3 Å². The number of anilines is 1. The first-order valence-corrected chi connectivity index (χ1v) is 7.64. The number of halogens is 1. The molecule has 0 saturated carbocycles. The van der Waals surface area contributed by atoms with E-state index >= 15 is 0 Å². The van der Waals surface area contributed by atoms with Crippen LogP contribution >= 0.6 is 0 Å². The van der Waals surface area contributed by atoms with Gasteiger partial charge < -0.3 is 10.6 Å². The summed E-state index contributed by atoms with van der Waals surface area (Å²) in [6, 6.07) is 13.7. The van der Waals surface area contributed by atoms with Gasteiger partial charge in [0.1, 0.15) is 23.1 Å². The standard InChI is InChI=1S/C18H15FN4O3/c19-15-6-2-1-5-13(15)9-10-21-12-14(11-20)18(24)22-16-7-3-4-8-17(16)23(25)26/h1-8,12,21H,9-10H2,(H,22,24)/b14-12-. The van der Waals surface area contributed by atoms with Gasteiger partial charge in [-0.1, -0.05) is 30.3 Å². The van der Waals surface area contributed by atoms with Crippen LogP contribution in [0, 0.1) is 27.3 Å². The maximum absolute atomic E-state index is 13.5. The lowest BCUT2D eigenvalue weighted by Crippen LogP contribution is -2.18. The van der Waals surface area contributed by atoms with Gasteiger partial charge in [-0.25, -0.2) is 4.39 Å². The number of nitro groups is 1. The minimum atomic E-state index is -0.778. The Hall–Kier alpha value is -3.73. The zero-order chi connectivity index (χ0) is 18.9. The summed E-state index contributed by atoms with van der Waals surface area (Å²) < 4.78 is 13.5. The SMILES string of the molecule is N#C/C(=C/NCCc1ccccc1F)C(=O)Nc1ccccc1[N+](=O)[O-]. The molecular formula is C18H15FN4O3. The van der Waals surface area contributed by atoms with Crippen LogP contribution in [0.3, 0.4) is 0 Å². The van der Waals surface area contributed by atoms with Gasteiger partial charge in [0.2, 0.25) is 0 Å². The molecule has 0 atom stereocenters. The summed E-state index contributed by atoms with van der Waals surface area (Å²) >= 11 is 0. The topological polar surface area (TPSA) is 108 Å². The van der Waals surface area contributed by atoms with E-state index in [4.69, 9.17) is 5.26 Å². The maximum atomic E-state index is 13.5. The number of rotatable bonds is 7. The Morgan fingerprint density at radius 1 is 1.23 bits per heavy atom. The van der Waals surface area contributed by atoms with Gasteiger partial charge in [0.25, 0.3) is 11.6 Å². The monoisotopic (exact) mass is 354 g/mol. The number of nitriles is 1. The first-order valence-electron chi connectivity index (χ1n) is 7.64. The van der Waals surface area contributed by atoms with Gasteiger partial charge in [-0.3, -0.25) is 14.9 Å². The molecule has 7 nitrogen and oxygen atoms in total. The van der Waals surface area contributed by atoms with Gasteiger partial charge in [0, 0.05) is 18.8 Å². The van der Waals surface area contributed by atoms with Crippen LogP contribution in [0.15, 0.2) is 60.3 Å². The van der Waals surface area contributed by atoms with E-state index in [0.717, 1.165) is 0 Å². The number of nitrogens with one attached hydrogen (secondary N) is 2. The molecule has 0 aliphatic rings. The van der Waals surface area contributed by atoms with Crippen LogP contribution in [0.4, 0.5) is 15.8 Å². The molecule has 132 valence electrons. The molecule has 0 aromatic heterocycles. The second kappa shape index (κ2) is 8.94. The maximum Gasteiger partial charge on any atom is 0.292 e. The van der Waals surface area contributed by atoms with Gasteiger partial charge in [0.05, 0.1) is 4.92 Å². The van der Waals surface area contributed by atoms with Crippen molar-refractivity contribution in [2.45, 2.75) is 6.42 Å². The van der Waals surface area contributed by atoms with Crippen molar-refractivity contribution in [2.24, 2.45) is 0 Å². The molecule has 1 amide bonds. The summed E-state index contributed by atoms with van der Waals surface area (Å²) in [4.78, 5) is 22.4. The summed E-state index contributed by atoms with van der Waals surface area (Å²) in [5.41, 5.74) is -0.0198. The van der Waals surface area contributed by atoms with Gasteiger partial charge in [-0.2, -0.15) is 5.26 Å². The van der Waals surface area contributed by atoms with Gasteiger partial charge >= 0.3 is 0 Å². The largest absolute Gasteiger partial charge is 0.389 e. The highest BCUT2D eigenvalue weighted by atomic mass is 19.1. The van der Waals surface area contributed by atoms with Crippen LogP contribution in [-0.2, 0) is 11.2 Å². The fourth-order valence-electron chi connectivity index (χ4n) is 2.16. The smallest absolute Gasteiger partial charge is 0.292 e. The zero-order valence-corrected chi connectivity index (χ0v) is 13.6. The number of carbonyl (C=O) groups is 1. The Balaban J connectivity index is 1.98. The van der Waals surface area contributed by atoms with E-state index in [-0.39, 0.29) is 22.8 Å². The molecule has 0 radical (unpaired) electrons. The van der Waals surface area contributed by atoms with E-state index < -0.39 is 10.8 Å². The van der Waals surface area contributed by atoms with Crippen molar-refractivity contribution in [3.63, 3.8) is 0 Å². The Morgan fingerprint density at radius 2 is 1.92 bits per heavy atom. The van der Waals surface area contributed by atoms with Crippen molar-refractivity contribution in [1.82, 2.24) is 5.32 Å². The average Bonchev–Trinajstić information content (AvgIpc) is 2.63. The molecule has 2 N–H and O–H groups in total. The predicted octanol–water partition coefficient (Wildman–Crippen LogP) is 2.91. The minimum Gasteiger partial charge on any atom is -0.389 e. The fourth-order valence-corrected chi connectivity index (χ4v) is 2.16. The van der Waals surface area contributed by atoms with E-state index in [0.29, 0.717) is 18.5 Å². The molecule has 0 unspecified atom stereocenters. The number of carbonyl (C=O) groups excluding carboxylic acids is 1. The molecule has 0 aliphatic carbocycles. The molecule has 0 bridgehead atoms. The van der Waals surface area contributed by atoms with E-state index in [1.165, 1.54) is 36.5 Å². The highest BCUT2D eigenvalue weighted by Gasteiger charge is 2.17. The van der Waals surface area contributed by atoms with Crippen LogP contribution in [0.1, 0.15) is 5.56 Å².